The van der Waals surface area contributed by atoms with Gasteiger partial charge in [0.2, 0.25) is 5.16 Å². The Labute approximate surface area is 156 Å². The van der Waals surface area contributed by atoms with Crippen molar-refractivity contribution in [1.29, 1.82) is 0 Å². The minimum Gasteiger partial charge on any atom is -0.497 e. The van der Waals surface area contributed by atoms with Crippen LogP contribution in [0.3, 0.4) is 0 Å². The quantitative estimate of drug-likeness (QED) is 0.471. The second-order valence-electron chi connectivity index (χ2n) is 5.98. The van der Waals surface area contributed by atoms with Crippen LogP contribution in [0.5, 0.6) is 5.75 Å². The first kappa shape index (κ1) is 18.1. The second-order valence-corrected chi connectivity index (χ2v) is 6.92. The van der Waals surface area contributed by atoms with E-state index in [0.29, 0.717) is 17.5 Å². The standard InChI is InChI=1S/C19H20N4O2S/c1-13-4-7-16(10-14(13)2)18(24)12-26-19-20-21-22-23(19)11-15-5-8-17(25-3)9-6-15/h4-10H,11-12H2,1-3H3. The van der Waals surface area contributed by atoms with E-state index in [1.165, 1.54) is 17.3 Å². The molecule has 1 heterocycles. The molecule has 0 unspecified atom stereocenters. The fourth-order valence-corrected chi connectivity index (χ4v) is 3.20. The van der Waals surface area contributed by atoms with E-state index in [1.54, 1.807) is 11.8 Å². The Morgan fingerprint density at radius 1 is 1.12 bits per heavy atom. The number of nitrogens with zero attached hydrogens (tertiary/aromatic N) is 4. The highest BCUT2D eigenvalue weighted by molar-refractivity contribution is 7.99. The summed E-state index contributed by atoms with van der Waals surface area (Å²) in [5, 5.41) is 12.4. The number of aromatic nitrogens is 4. The lowest BCUT2D eigenvalue weighted by Crippen LogP contribution is -2.07. The van der Waals surface area contributed by atoms with Gasteiger partial charge in [0.15, 0.2) is 5.78 Å². The van der Waals surface area contributed by atoms with E-state index < -0.39 is 0 Å². The first-order valence-corrected chi connectivity index (χ1v) is 9.17. The molecule has 0 spiro atoms. The Bertz CT molecular complexity index is 906. The molecule has 0 aliphatic heterocycles. The molecule has 0 radical (unpaired) electrons. The van der Waals surface area contributed by atoms with E-state index in [4.69, 9.17) is 4.74 Å². The summed E-state index contributed by atoms with van der Waals surface area (Å²) < 4.78 is 6.86. The maximum Gasteiger partial charge on any atom is 0.210 e. The van der Waals surface area contributed by atoms with Crippen molar-refractivity contribution in [1.82, 2.24) is 20.2 Å². The zero-order valence-electron chi connectivity index (χ0n) is 15.0. The maximum atomic E-state index is 12.4. The van der Waals surface area contributed by atoms with E-state index in [1.807, 2.05) is 56.3 Å². The van der Waals surface area contributed by atoms with Gasteiger partial charge >= 0.3 is 0 Å². The molecule has 0 bridgehead atoms. The summed E-state index contributed by atoms with van der Waals surface area (Å²) in [6.07, 6.45) is 0. The van der Waals surface area contributed by atoms with Crippen molar-refractivity contribution in [2.45, 2.75) is 25.5 Å². The molecular weight excluding hydrogens is 348 g/mol. The van der Waals surface area contributed by atoms with Crippen LogP contribution in [-0.2, 0) is 6.54 Å². The molecule has 26 heavy (non-hydrogen) atoms. The van der Waals surface area contributed by atoms with Crippen molar-refractivity contribution in [3.63, 3.8) is 0 Å². The van der Waals surface area contributed by atoms with Crippen LogP contribution in [0, 0.1) is 13.8 Å². The Morgan fingerprint density at radius 2 is 1.88 bits per heavy atom. The minimum absolute atomic E-state index is 0.0668. The molecule has 3 aromatic rings. The zero-order valence-corrected chi connectivity index (χ0v) is 15.8. The van der Waals surface area contributed by atoms with Crippen molar-refractivity contribution in [3.8, 4) is 5.75 Å². The second kappa shape index (κ2) is 8.14. The van der Waals surface area contributed by atoms with Gasteiger partial charge in [0.25, 0.3) is 0 Å². The van der Waals surface area contributed by atoms with Crippen LogP contribution < -0.4 is 4.74 Å². The number of hydrogen-bond donors (Lipinski definition) is 0. The number of tetrazole rings is 1. The van der Waals surface area contributed by atoms with E-state index in [2.05, 4.69) is 15.5 Å². The van der Waals surface area contributed by atoms with Crippen LogP contribution in [0.15, 0.2) is 47.6 Å². The molecule has 0 saturated carbocycles. The third-order valence-electron chi connectivity index (χ3n) is 4.15. The van der Waals surface area contributed by atoms with Gasteiger partial charge in [-0.3, -0.25) is 4.79 Å². The Hall–Kier alpha value is -2.67. The predicted octanol–water partition coefficient (Wildman–Crippen LogP) is 3.32. The molecule has 1 aromatic heterocycles. The third-order valence-corrected chi connectivity index (χ3v) is 5.11. The normalized spacial score (nSPS) is 10.7. The molecule has 0 fully saturated rings. The highest BCUT2D eigenvalue weighted by Crippen LogP contribution is 2.19. The molecule has 0 atom stereocenters. The molecule has 0 N–H and O–H groups in total. The van der Waals surface area contributed by atoms with E-state index in [-0.39, 0.29) is 5.78 Å². The average molecular weight is 368 g/mol. The molecule has 0 aliphatic rings. The predicted molar refractivity (Wildman–Crippen MR) is 101 cm³/mol. The van der Waals surface area contributed by atoms with Gasteiger partial charge in [-0.1, -0.05) is 36.0 Å². The number of Topliss-reactive ketones (excluding diaryl/α,β-unsaturated/α-hetero) is 1. The lowest BCUT2D eigenvalue weighted by atomic mass is 10.0. The van der Waals surface area contributed by atoms with Crippen molar-refractivity contribution in [2.24, 2.45) is 0 Å². The lowest BCUT2D eigenvalue weighted by molar-refractivity contribution is 0.102. The van der Waals surface area contributed by atoms with Gasteiger partial charge in [-0.2, -0.15) is 0 Å². The molecule has 3 rings (SSSR count). The van der Waals surface area contributed by atoms with Gasteiger partial charge in [0, 0.05) is 5.56 Å². The van der Waals surface area contributed by atoms with Gasteiger partial charge in [-0.15, -0.1) is 5.10 Å². The molecule has 134 valence electrons. The van der Waals surface area contributed by atoms with Crippen molar-refractivity contribution < 1.29 is 9.53 Å². The third kappa shape index (κ3) is 4.29. The fraction of sp³-hybridized carbons (Fsp3) is 0.263. The number of rotatable bonds is 7. The number of hydrogen-bond acceptors (Lipinski definition) is 6. The number of aryl methyl sites for hydroxylation is 2. The number of carbonyl (C=O) groups excluding carboxylic acids is 1. The van der Waals surface area contributed by atoms with Crippen LogP contribution in [0.4, 0.5) is 0 Å². The number of thioether (sulfide) groups is 1. The van der Waals surface area contributed by atoms with Crippen LogP contribution >= 0.6 is 11.8 Å². The summed E-state index contributed by atoms with van der Waals surface area (Å²) in [5.41, 5.74) is 4.07. The van der Waals surface area contributed by atoms with Crippen molar-refractivity contribution in [3.05, 3.63) is 64.7 Å². The summed E-state index contributed by atoms with van der Waals surface area (Å²) in [6, 6.07) is 13.5. The Morgan fingerprint density at radius 3 is 2.58 bits per heavy atom. The first-order valence-electron chi connectivity index (χ1n) is 8.19. The van der Waals surface area contributed by atoms with Gasteiger partial charge in [-0.25, -0.2) is 4.68 Å². The average Bonchev–Trinajstić information content (AvgIpc) is 3.09. The Balaban J connectivity index is 1.64. The van der Waals surface area contributed by atoms with Gasteiger partial charge in [-0.05, 0) is 59.2 Å². The molecule has 0 amide bonds. The molecule has 0 aliphatic carbocycles. The van der Waals surface area contributed by atoms with Crippen LogP contribution in [0.25, 0.3) is 0 Å². The van der Waals surface area contributed by atoms with E-state index in [9.17, 15) is 4.79 Å². The SMILES string of the molecule is COc1ccc(Cn2nnnc2SCC(=O)c2ccc(C)c(C)c2)cc1. The molecule has 6 nitrogen and oxygen atoms in total. The summed E-state index contributed by atoms with van der Waals surface area (Å²) >= 11 is 1.35. The van der Waals surface area contributed by atoms with Gasteiger partial charge in [0.05, 0.1) is 19.4 Å². The number of benzene rings is 2. The highest BCUT2D eigenvalue weighted by atomic mass is 32.2. The van der Waals surface area contributed by atoms with E-state index >= 15 is 0 Å². The topological polar surface area (TPSA) is 69.9 Å². The number of carbonyl (C=O) groups is 1. The van der Waals surface area contributed by atoms with Gasteiger partial charge < -0.3 is 4.74 Å². The summed E-state index contributed by atoms with van der Waals surface area (Å²) in [6.45, 7) is 4.58. The summed E-state index contributed by atoms with van der Waals surface area (Å²) in [7, 11) is 1.64. The highest BCUT2D eigenvalue weighted by Gasteiger charge is 2.12. The van der Waals surface area contributed by atoms with Crippen molar-refractivity contribution >= 4 is 17.5 Å². The number of methoxy groups -OCH3 is 1. The van der Waals surface area contributed by atoms with Crippen LogP contribution in [0.1, 0.15) is 27.0 Å². The lowest BCUT2D eigenvalue weighted by Gasteiger charge is -2.06. The number of ketones is 1. The molecule has 0 saturated heterocycles. The van der Waals surface area contributed by atoms with Crippen molar-refractivity contribution in [2.75, 3.05) is 12.9 Å². The summed E-state index contributed by atoms with van der Waals surface area (Å²) in [5.74, 6) is 1.17. The number of ether oxygens (including phenoxy) is 1. The smallest absolute Gasteiger partial charge is 0.210 e. The Kier molecular flexibility index (Phi) is 5.68. The van der Waals surface area contributed by atoms with Crippen LogP contribution in [0.2, 0.25) is 0 Å². The minimum atomic E-state index is 0.0668. The summed E-state index contributed by atoms with van der Waals surface area (Å²) in [4.78, 5) is 12.4. The van der Waals surface area contributed by atoms with E-state index in [0.717, 1.165) is 22.4 Å². The molecular formula is C19H20N4O2S. The monoisotopic (exact) mass is 368 g/mol. The molecule has 7 heteroatoms. The zero-order chi connectivity index (χ0) is 18.5. The van der Waals surface area contributed by atoms with Gasteiger partial charge in [0.1, 0.15) is 5.75 Å². The largest absolute Gasteiger partial charge is 0.497 e. The first-order chi connectivity index (χ1) is 12.6. The van der Waals surface area contributed by atoms with Crippen LogP contribution in [-0.4, -0.2) is 38.9 Å². The maximum absolute atomic E-state index is 12.4. The molecule has 2 aromatic carbocycles. The fourth-order valence-electron chi connectivity index (χ4n) is 2.43.